The molecule has 0 aromatic heterocycles. The first-order valence-corrected chi connectivity index (χ1v) is 7.64. The zero-order chi connectivity index (χ0) is 14.6. The number of esters is 1. The van der Waals surface area contributed by atoms with E-state index in [9.17, 15) is 13.2 Å². The van der Waals surface area contributed by atoms with E-state index in [1.165, 1.54) is 12.1 Å². The van der Waals surface area contributed by atoms with Crippen LogP contribution >= 0.6 is 0 Å². The Balaban J connectivity index is 3.00. The van der Waals surface area contributed by atoms with Crippen LogP contribution in [0.15, 0.2) is 23.1 Å². The van der Waals surface area contributed by atoms with Crippen molar-refractivity contribution >= 4 is 16.0 Å². The molecule has 19 heavy (non-hydrogen) atoms. The molecule has 0 spiro atoms. The van der Waals surface area contributed by atoms with Crippen LogP contribution in [-0.2, 0) is 14.8 Å². The van der Waals surface area contributed by atoms with Gasteiger partial charge in [0.25, 0.3) is 0 Å². The highest BCUT2D eigenvalue weighted by Gasteiger charge is 2.17. The van der Waals surface area contributed by atoms with Gasteiger partial charge in [-0.1, -0.05) is 19.4 Å². The minimum absolute atomic E-state index is 0.0508. The van der Waals surface area contributed by atoms with E-state index in [-0.39, 0.29) is 16.6 Å². The molecule has 5 nitrogen and oxygen atoms in total. The molecule has 1 aromatic rings. The summed E-state index contributed by atoms with van der Waals surface area (Å²) >= 11 is 0. The first kappa shape index (κ1) is 15.7. The summed E-state index contributed by atoms with van der Waals surface area (Å²) in [5, 5.41) is 5.10. The molecule has 1 unspecified atom stereocenters. The van der Waals surface area contributed by atoms with Gasteiger partial charge in [-0.25, -0.2) is 18.4 Å². The van der Waals surface area contributed by atoms with Gasteiger partial charge in [-0.15, -0.1) is 0 Å². The number of ether oxygens (including phenoxy) is 1. The number of hydrogen-bond donors (Lipinski definition) is 1. The average molecular weight is 285 g/mol. The van der Waals surface area contributed by atoms with E-state index in [2.05, 4.69) is 0 Å². The van der Waals surface area contributed by atoms with Crippen LogP contribution in [0.5, 0.6) is 0 Å². The summed E-state index contributed by atoms with van der Waals surface area (Å²) in [5.74, 6) is -0.536. The number of rotatable bonds is 5. The maximum absolute atomic E-state index is 11.9. The number of aryl methyl sites for hydroxylation is 1. The number of sulfonamides is 1. The first-order valence-electron chi connectivity index (χ1n) is 6.10. The monoisotopic (exact) mass is 285 g/mol. The molecule has 0 radical (unpaired) electrons. The van der Waals surface area contributed by atoms with Crippen LogP contribution in [0.1, 0.15) is 42.6 Å². The van der Waals surface area contributed by atoms with E-state index < -0.39 is 16.0 Å². The van der Waals surface area contributed by atoms with Crippen LogP contribution in [0.3, 0.4) is 0 Å². The predicted octanol–water partition coefficient (Wildman–Crippen LogP) is 1.99. The fourth-order valence-corrected chi connectivity index (χ4v) is 2.56. The lowest BCUT2D eigenvalue weighted by atomic mass is 10.1. The van der Waals surface area contributed by atoms with Gasteiger partial charge in [-0.3, -0.25) is 0 Å². The lowest BCUT2D eigenvalue weighted by Crippen LogP contribution is -2.17. The third-order valence-electron chi connectivity index (χ3n) is 2.73. The van der Waals surface area contributed by atoms with Crippen molar-refractivity contribution in [3.63, 3.8) is 0 Å². The highest BCUT2D eigenvalue weighted by molar-refractivity contribution is 7.89. The minimum atomic E-state index is -3.84. The maximum Gasteiger partial charge on any atom is 0.338 e. The van der Waals surface area contributed by atoms with E-state index in [1.54, 1.807) is 19.9 Å². The fraction of sp³-hybridized carbons (Fsp3) is 0.462. The Morgan fingerprint density at radius 3 is 2.58 bits per heavy atom. The van der Waals surface area contributed by atoms with Crippen LogP contribution in [0, 0.1) is 6.92 Å². The van der Waals surface area contributed by atoms with Crippen LogP contribution in [0.25, 0.3) is 0 Å². The van der Waals surface area contributed by atoms with Gasteiger partial charge in [-0.05, 0) is 38.0 Å². The highest BCUT2D eigenvalue weighted by atomic mass is 32.2. The second kappa shape index (κ2) is 6.16. The molecule has 1 aromatic carbocycles. The number of hydrogen-bond acceptors (Lipinski definition) is 4. The SMILES string of the molecule is CCCC(C)OC(=O)c1ccc(C)c(S(N)(=O)=O)c1. The molecule has 0 bridgehead atoms. The number of nitrogens with two attached hydrogens (primary N) is 1. The van der Waals surface area contributed by atoms with Gasteiger partial charge in [0.2, 0.25) is 10.0 Å². The molecule has 0 heterocycles. The van der Waals surface area contributed by atoms with E-state index in [0.717, 1.165) is 12.8 Å². The number of benzene rings is 1. The summed E-state index contributed by atoms with van der Waals surface area (Å²) in [5.41, 5.74) is 0.693. The lowest BCUT2D eigenvalue weighted by molar-refractivity contribution is 0.0323. The summed E-state index contributed by atoms with van der Waals surface area (Å²) in [6.45, 7) is 5.42. The Kier molecular flexibility index (Phi) is 5.08. The van der Waals surface area contributed by atoms with Crippen molar-refractivity contribution in [3.8, 4) is 0 Å². The van der Waals surface area contributed by atoms with E-state index in [4.69, 9.17) is 9.88 Å². The van der Waals surface area contributed by atoms with Gasteiger partial charge in [0.05, 0.1) is 16.6 Å². The third-order valence-corrected chi connectivity index (χ3v) is 3.79. The van der Waals surface area contributed by atoms with E-state index in [0.29, 0.717) is 5.56 Å². The van der Waals surface area contributed by atoms with Crippen molar-refractivity contribution in [3.05, 3.63) is 29.3 Å². The highest BCUT2D eigenvalue weighted by Crippen LogP contribution is 2.17. The predicted molar refractivity (Wildman–Crippen MR) is 72.3 cm³/mol. The lowest BCUT2D eigenvalue weighted by Gasteiger charge is -2.13. The fourth-order valence-electron chi connectivity index (χ4n) is 1.75. The Morgan fingerprint density at radius 2 is 2.05 bits per heavy atom. The number of carbonyl (C=O) groups is 1. The van der Waals surface area contributed by atoms with Crippen molar-refractivity contribution in [2.75, 3.05) is 0 Å². The Hall–Kier alpha value is -1.40. The Labute approximate surface area is 113 Å². The maximum atomic E-state index is 11.9. The topological polar surface area (TPSA) is 86.5 Å². The molecule has 1 rings (SSSR count). The molecule has 0 saturated heterocycles. The van der Waals surface area contributed by atoms with Gasteiger partial charge in [-0.2, -0.15) is 0 Å². The van der Waals surface area contributed by atoms with Crippen molar-refractivity contribution in [2.24, 2.45) is 5.14 Å². The van der Waals surface area contributed by atoms with E-state index >= 15 is 0 Å². The van der Waals surface area contributed by atoms with Crippen molar-refractivity contribution in [1.29, 1.82) is 0 Å². The third kappa shape index (κ3) is 4.33. The molecule has 0 saturated carbocycles. The van der Waals surface area contributed by atoms with E-state index in [1.807, 2.05) is 6.92 Å². The van der Waals surface area contributed by atoms with Gasteiger partial charge in [0.1, 0.15) is 0 Å². The van der Waals surface area contributed by atoms with Crippen LogP contribution in [0.4, 0.5) is 0 Å². The largest absolute Gasteiger partial charge is 0.459 e. The average Bonchev–Trinajstić information content (AvgIpc) is 2.27. The summed E-state index contributed by atoms with van der Waals surface area (Å²) in [7, 11) is -3.84. The van der Waals surface area contributed by atoms with Crippen molar-refractivity contribution in [2.45, 2.75) is 44.6 Å². The molecule has 106 valence electrons. The summed E-state index contributed by atoms with van der Waals surface area (Å²) in [6.07, 6.45) is 1.47. The smallest absolute Gasteiger partial charge is 0.338 e. The van der Waals surface area contributed by atoms with Crippen molar-refractivity contribution in [1.82, 2.24) is 0 Å². The zero-order valence-corrected chi connectivity index (χ0v) is 12.2. The Morgan fingerprint density at radius 1 is 1.42 bits per heavy atom. The first-order chi connectivity index (χ1) is 8.75. The molecule has 0 aliphatic heterocycles. The quantitative estimate of drug-likeness (QED) is 0.838. The number of carbonyl (C=O) groups excluding carboxylic acids is 1. The molecule has 6 heteroatoms. The Bertz CT molecular complexity index is 566. The summed E-state index contributed by atoms with van der Waals surface area (Å²) in [6, 6.07) is 4.33. The summed E-state index contributed by atoms with van der Waals surface area (Å²) < 4.78 is 28.0. The molecule has 0 amide bonds. The molecule has 0 fully saturated rings. The second-order valence-corrected chi connectivity index (χ2v) is 6.06. The second-order valence-electron chi connectivity index (χ2n) is 4.53. The van der Waals surface area contributed by atoms with Crippen LogP contribution in [-0.4, -0.2) is 20.5 Å². The van der Waals surface area contributed by atoms with Crippen molar-refractivity contribution < 1.29 is 17.9 Å². The molecule has 2 N–H and O–H groups in total. The molecule has 1 atom stereocenters. The molecule has 0 aliphatic rings. The normalized spacial score (nSPS) is 13.1. The van der Waals surface area contributed by atoms with Gasteiger partial charge in [0.15, 0.2) is 0 Å². The van der Waals surface area contributed by atoms with Gasteiger partial charge >= 0.3 is 5.97 Å². The number of primary sulfonamides is 1. The minimum Gasteiger partial charge on any atom is -0.459 e. The van der Waals surface area contributed by atoms with Gasteiger partial charge < -0.3 is 4.74 Å². The molecular formula is C13H19NO4S. The standard InChI is InChI=1S/C13H19NO4S/c1-4-5-10(3)18-13(15)11-7-6-9(2)12(8-11)19(14,16)17/h6-8,10H,4-5H2,1-3H3,(H2,14,16,17). The van der Waals surface area contributed by atoms with Crippen LogP contribution in [0.2, 0.25) is 0 Å². The zero-order valence-electron chi connectivity index (χ0n) is 11.3. The summed E-state index contributed by atoms with van der Waals surface area (Å²) in [4.78, 5) is 11.8. The molecular weight excluding hydrogens is 266 g/mol. The molecule has 0 aliphatic carbocycles. The van der Waals surface area contributed by atoms with Crippen LogP contribution < -0.4 is 5.14 Å². The van der Waals surface area contributed by atoms with Gasteiger partial charge in [0, 0.05) is 0 Å².